The van der Waals surface area contributed by atoms with Crippen molar-refractivity contribution >= 4 is 17.4 Å². The number of ketones is 1. The Morgan fingerprint density at radius 3 is 2.35 bits per heavy atom. The standard InChI is InChI=1S/C25H30N2O4/c1-4-17-31-20-13-11-19(12-14-20)23(28)21-22(18-9-6-5-7-10-18)27(25(30)24(21)29)16-8-15-26(2)3/h5-7,9-14,22,28H,4,8,15-17H2,1-3H3/p+1/t22-/m1/s1. The first-order valence-electron chi connectivity index (χ1n) is 10.8. The summed E-state index contributed by atoms with van der Waals surface area (Å²) in [5.74, 6) is -0.665. The van der Waals surface area contributed by atoms with Crippen LogP contribution in [0.1, 0.15) is 36.9 Å². The number of likely N-dealkylation sites (tertiary alicyclic amines) is 1. The molecule has 2 N–H and O–H groups in total. The summed E-state index contributed by atoms with van der Waals surface area (Å²) < 4.78 is 5.60. The van der Waals surface area contributed by atoms with Gasteiger partial charge in [-0.05, 0) is 36.2 Å². The van der Waals surface area contributed by atoms with Gasteiger partial charge in [0, 0.05) is 18.5 Å². The quantitative estimate of drug-likeness (QED) is 0.369. The van der Waals surface area contributed by atoms with Crippen LogP contribution in [0.3, 0.4) is 0 Å². The van der Waals surface area contributed by atoms with Crippen molar-refractivity contribution in [3.05, 3.63) is 71.3 Å². The van der Waals surface area contributed by atoms with Gasteiger partial charge in [-0.2, -0.15) is 0 Å². The van der Waals surface area contributed by atoms with Gasteiger partial charge in [-0.25, -0.2) is 0 Å². The second kappa shape index (κ2) is 10.3. The summed E-state index contributed by atoms with van der Waals surface area (Å²) in [4.78, 5) is 28.7. The van der Waals surface area contributed by atoms with Crippen LogP contribution in [0, 0.1) is 0 Å². The number of nitrogens with zero attached hydrogens (tertiary/aromatic N) is 1. The van der Waals surface area contributed by atoms with Gasteiger partial charge in [0.25, 0.3) is 11.7 Å². The van der Waals surface area contributed by atoms with E-state index in [9.17, 15) is 14.7 Å². The smallest absolute Gasteiger partial charge is 0.295 e. The molecular weight excluding hydrogens is 392 g/mol. The number of ether oxygens (including phenoxy) is 1. The van der Waals surface area contributed by atoms with Crippen molar-refractivity contribution in [2.24, 2.45) is 0 Å². The van der Waals surface area contributed by atoms with Crippen molar-refractivity contribution in [2.75, 3.05) is 33.8 Å². The van der Waals surface area contributed by atoms with Crippen molar-refractivity contribution in [1.82, 2.24) is 4.90 Å². The molecule has 31 heavy (non-hydrogen) atoms. The Morgan fingerprint density at radius 2 is 1.74 bits per heavy atom. The number of carbonyl (C=O) groups is 2. The third-order valence-corrected chi connectivity index (χ3v) is 5.33. The lowest BCUT2D eigenvalue weighted by Crippen LogP contribution is -3.05. The van der Waals surface area contributed by atoms with Crippen molar-refractivity contribution < 1.29 is 24.3 Å². The average molecular weight is 424 g/mol. The number of hydrogen-bond donors (Lipinski definition) is 2. The van der Waals surface area contributed by atoms with E-state index in [1.165, 1.54) is 4.90 Å². The van der Waals surface area contributed by atoms with Crippen LogP contribution < -0.4 is 9.64 Å². The number of benzene rings is 2. The zero-order valence-corrected chi connectivity index (χ0v) is 18.4. The summed E-state index contributed by atoms with van der Waals surface area (Å²) in [6.07, 6.45) is 1.67. The molecule has 1 atom stereocenters. The molecular formula is C25H31N2O4+. The fourth-order valence-corrected chi connectivity index (χ4v) is 3.78. The van der Waals surface area contributed by atoms with E-state index in [-0.39, 0.29) is 11.3 Å². The highest BCUT2D eigenvalue weighted by Crippen LogP contribution is 2.39. The normalized spacial score (nSPS) is 18.1. The van der Waals surface area contributed by atoms with Crippen molar-refractivity contribution in [3.63, 3.8) is 0 Å². The predicted octanol–water partition coefficient (Wildman–Crippen LogP) is 2.43. The van der Waals surface area contributed by atoms with Crippen molar-refractivity contribution in [3.8, 4) is 5.75 Å². The summed E-state index contributed by atoms with van der Waals surface area (Å²) in [5.41, 5.74) is 1.43. The lowest BCUT2D eigenvalue weighted by Gasteiger charge is -2.25. The number of aliphatic hydroxyl groups is 1. The number of hydrogen-bond acceptors (Lipinski definition) is 4. The first-order chi connectivity index (χ1) is 14.9. The van der Waals surface area contributed by atoms with Crippen LogP contribution in [0.25, 0.3) is 5.76 Å². The van der Waals surface area contributed by atoms with Gasteiger partial charge in [0.2, 0.25) is 0 Å². The summed E-state index contributed by atoms with van der Waals surface area (Å²) in [7, 11) is 4.10. The maximum absolute atomic E-state index is 13.0. The first-order valence-corrected chi connectivity index (χ1v) is 10.8. The fourth-order valence-electron chi connectivity index (χ4n) is 3.78. The Hall–Kier alpha value is -3.12. The van der Waals surface area contributed by atoms with E-state index in [4.69, 9.17) is 4.74 Å². The van der Waals surface area contributed by atoms with Crippen LogP contribution >= 0.6 is 0 Å². The molecule has 3 rings (SSSR count). The van der Waals surface area contributed by atoms with Crippen LogP contribution in [-0.4, -0.2) is 55.5 Å². The van der Waals surface area contributed by atoms with E-state index >= 15 is 0 Å². The average Bonchev–Trinajstić information content (AvgIpc) is 3.03. The highest BCUT2D eigenvalue weighted by Gasteiger charge is 2.45. The van der Waals surface area contributed by atoms with Gasteiger partial charge < -0.3 is 19.6 Å². The number of Topliss-reactive ketones (excluding diaryl/α,β-unsaturated/α-hetero) is 1. The maximum Gasteiger partial charge on any atom is 0.295 e. The van der Waals surface area contributed by atoms with E-state index < -0.39 is 17.7 Å². The van der Waals surface area contributed by atoms with E-state index in [0.717, 1.165) is 24.9 Å². The molecule has 0 radical (unpaired) electrons. The molecule has 0 bridgehead atoms. The van der Waals surface area contributed by atoms with Gasteiger partial charge in [0.05, 0.1) is 38.9 Å². The Kier molecular flexibility index (Phi) is 7.47. The highest BCUT2D eigenvalue weighted by atomic mass is 16.5. The largest absolute Gasteiger partial charge is 0.507 e. The summed E-state index contributed by atoms with van der Waals surface area (Å²) in [6, 6.07) is 15.8. The van der Waals surface area contributed by atoms with Crippen LogP contribution in [-0.2, 0) is 9.59 Å². The monoisotopic (exact) mass is 423 g/mol. The molecule has 6 heteroatoms. The van der Waals surface area contributed by atoms with E-state index in [2.05, 4.69) is 14.1 Å². The molecule has 0 spiro atoms. The van der Waals surface area contributed by atoms with Gasteiger partial charge in [0.15, 0.2) is 0 Å². The molecule has 1 aliphatic rings. The van der Waals surface area contributed by atoms with Gasteiger partial charge in [-0.1, -0.05) is 37.3 Å². The van der Waals surface area contributed by atoms with Crippen molar-refractivity contribution in [1.29, 1.82) is 0 Å². The van der Waals surface area contributed by atoms with E-state index in [1.807, 2.05) is 37.3 Å². The van der Waals surface area contributed by atoms with Gasteiger partial charge in [-0.15, -0.1) is 0 Å². The fraction of sp³-hybridized carbons (Fsp3) is 0.360. The molecule has 1 heterocycles. The molecule has 0 aromatic heterocycles. The third kappa shape index (κ3) is 5.14. The molecule has 0 saturated carbocycles. The van der Waals surface area contributed by atoms with Gasteiger partial charge in [-0.3, -0.25) is 9.59 Å². The molecule has 2 aromatic rings. The number of quaternary nitrogens is 1. The van der Waals surface area contributed by atoms with Crippen LogP contribution in [0.15, 0.2) is 60.2 Å². The second-order valence-corrected chi connectivity index (χ2v) is 8.09. The summed E-state index contributed by atoms with van der Waals surface area (Å²) in [6.45, 7) is 3.97. The molecule has 2 aromatic carbocycles. The minimum Gasteiger partial charge on any atom is -0.507 e. The molecule has 1 amide bonds. The number of aliphatic hydroxyl groups excluding tert-OH is 1. The number of carbonyl (C=O) groups excluding carboxylic acids is 2. The Morgan fingerprint density at radius 1 is 1.06 bits per heavy atom. The first kappa shape index (κ1) is 22.6. The topological polar surface area (TPSA) is 71.3 Å². The molecule has 1 saturated heterocycles. The molecule has 0 aliphatic carbocycles. The van der Waals surface area contributed by atoms with Gasteiger partial charge >= 0.3 is 0 Å². The summed E-state index contributed by atoms with van der Waals surface area (Å²) >= 11 is 0. The number of nitrogens with one attached hydrogen (secondary N) is 1. The lowest BCUT2D eigenvalue weighted by molar-refractivity contribution is -0.858. The predicted molar refractivity (Wildman–Crippen MR) is 120 cm³/mol. The molecule has 6 nitrogen and oxygen atoms in total. The highest BCUT2D eigenvalue weighted by molar-refractivity contribution is 6.46. The lowest BCUT2D eigenvalue weighted by atomic mass is 9.95. The number of amides is 1. The van der Waals surface area contributed by atoms with Crippen LogP contribution in [0.5, 0.6) is 5.75 Å². The Bertz CT molecular complexity index is 936. The van der Waals surface area contributed by atoms with Crippen LogP contribution in [0.4, 0.5) is 0 Å². The zero-order valence-electron chi connectivity index (χ0n) is 18.4. The Balaban J connectivity index is 1.99. The van der Waals surface area contributed by atoms with E-state index in [1.54, 1.807) is 29.2 Å². The third-order valence-electron chi connectivity index (χ3n) is 5.33. The number of rotatable bonds is 9. The zero-order chi connectivity index (χ0) is 22.4. The molecule has 164 valence electrons. The minimum atomic E-state index is -0.644. The SMILES string of the molecule is CCCOc1ccc(C(O)=C2C(=O)C(=O)N(CCC[NH+](C)C)[C@@H]2c2ccccc2)cc1. The maximum atomic E-state index is 13.0. The molecule has 1 fully saturated rings. The van der Waals surface area contributed by atoms with Gasteiger partial charge in [0.1, 0.15) is 11.5 Å². The second-order valence-electron chi connectivity index (χ2n) is 8.09. The molecule has 1 aliphatic heterocycles. The Labute approximate surface area is 183 Å². The van der Waals surface area contributed by atoms with Crippen LogP contribution in [0.2, 0.25) is 0 Å². The minimum absolute atomic E-state index is 0.135. The summed E-state index contributed by atoms with van der Waals surface area (Å²) in [5, 5.41) is 11.1. The van der Waals surface area contributed by atoms with Crippen molar-refractivity contribution in [2.45, 2.75) is 25.8 Å². The van der Waals surface area contributed by atoms with E-state index in [0.29, 0.717) is 24.5 Å². The molecule has 0 unspecified atom stereocenters.